The van der Waals surface area contributed by atoms with E-state index in [0.29, 0.717) is 13.0 Å². The second-order valence-electron chi connectivity index (χ2n) is 8.06. The molecule has 144 valence electrons. The SMILES string of the molecule is O=C1CCC2(CCN(c3nc4ccccc4s3)CC2)CN1Cc1cccnc1. The van der Waals surface area contributed by atoms with Crippen LogP contribution in [0.4, 0.5) is 5.13 Å². The third-order valence-electron chi connectivity index (χ3n) is 6.22. The molecule has 4 heterocycles. The van der Waals surface area contributed by atoms with Gasteiger partial charge in [0.15, 0.2) is 5.13 Å². The number of fused-ring (bicyclic) bond motifs is 1. The van der Waals surface area contributed by atoms with E-state index in [0.717, 1.165) is 55.1 Å². The van der Waals surface area contributed by atoms with Crippen molar-refractivity contribution in [2.75, 3.05) is 24.5 Å². The second-order valence-corrected chi connectivity index (χ2v) is 9.07. The molecule has 2 aliphatic rings. The summed E-state index contributed by atoms with van der Waals surface area (Å²) in [6.45, 7) is 3.59. The highest BCUT2D eigenvalue weighted by Crippen LogP contribution is 2.42. The molecular formula is C22H24N4OS. The van der Waals surface area contributed by atoms with Crippen LogP contribution in [0.25, 0.3) is 10.2 Å². The van der Waals surface area contributed by atoms with E-state index in [1.54, 1.807) is 17.5 Å². The average Bonchev–Trinajstić information content (AvgIpc) is 3.16. The number of hydrogen-bond donors (Lipinski definition) is 0. The molecule has 1 spiro atoms. The van der Waals surface area contributed by atoms with Gasteiger partial charge in [0, 0.05) is 45.0 Å². The fourth-order valence-electron chi connectivity index (χ4n) is 4.53. The lowest BCUT2D eigenvalue weighted by Crippen LogP contribution is -2.51. The molecule has 5 rings (SSSR count). The molecule has 1 aromatic carbocycles. The summed E-state index contributed by atoms with van der Waals surface area (Å²) in [5.41, 5.74) is 2.46. The molecule has 2 fully saturated rings. The van der Waals surface area contributed by atoms with Crippen molar-refractivity contribution in [2.45, 2.75) is 32.2 Å². The normalized spacial score (nSPS) is 19.5. The van der Waals surface area contributed by atoms with Gasteiger partial charge in [0.1, 0.15) is 0 Å². The summed E-state index contributed by atoms with van der Waals surface area (Å²) < 4.78 is 1.25. The Labute approximate surface area is 169 Å². The number of aromatic nitrogens is 2. The number of para-hydroxylation sites is 1. The summed E-state index contributed by atoms with van der Waals surface area (Å²) in [5.74, 6) is 0.281. The van der Waals surface area contributed by atoms with Gasteiger partial charge in [-0.3, -0.25) is 9.78 Å². The van der Waals surface area contributed by atoms with E-state index in [1.165, 1.54) is 4.70 Å². The van der Waals surface area contributed by atoms with Crippen molar-refractivity contribution in [3.8, 4) is 0 Å². The van der Waals surface area contributed by atoms with Crippen LogP contribution in [0.15, 0.2) is 48.8 Å². The van der Waals surface area contributed by atoms with Crippen LogP contribution in [0.5, 0.6) is 0 Å². The number of piperidine rings is 2. The Bertz CT molecular complexity index is 945. The first-order valence-corrected chi connectivity index (χ1v) is 10.8. The van der Waals surface area contributed by atoms with Gasteiger partial charge in [-0.2, -0.15) is 0 Å². The van der Waals surface area contributed by atoms with Crippen LogP contribution in [0.3, 0.4) is 0 Å². The fraction of sp³-hybridized carbons (Fsp3) is 0.409. The number of benzene rings is 1. The lowest BCUT2D eigenvalue weighted by atomic mass is 9.72. The van der Waals surface area contributed by atoms with Crippen molar-refractivity contribution in [1.29, 1.82) is 0 Å². The molecule has 0 aliphatic carbocycles. The third kappa shape index (κ3) is 3.37. The first kappa shape index (κ1) is 17.6. The zero-order chi connectivity index (χ0) is 19.0. The number of likely N-dealkylation sites (tertiary alicyclic amines) is 1. The average molecular weight is 393 g/mol. The van der Waals surface area contributed by atoms with E-state index in [-0.39, 0.29) is 11.3 Å². The monoisotopic (exact) mass is 392 g/mol. The van der Waals surface area contributed by atoms with Gasteiger partial charge in [-0.15, -0.1) is 0 Å². The Kier molecular flexibility index (Phi) is 4.51. The van der Waals surface area contributed by atoms with E-state index in [2.05, 4.69) is 34.1 Å². The molecule has 2 aliphatic heterocycles. The largest absolute Gasteiger partial charge is 0.348 e. The van der Waals surface area contributed by atoms with E-state index < -0.39 is 0 Å². The van der Waals surface area contributed by atoms with E-state index >= 15 is 0 Å². The first-order chi connectivity index (χ1) is 13.7. The minimum absolute atomic E-state index is 0.253. The van der Waals surface area contributed by atoms with E-state index in [9.17, 15) is 4.79 Å². The number of amides is 1. The minimum atomic E-state index is 0.253. The Morgan fingerprint density at radius 2 is 1.93 bits per heavy atom. The van der Waals surface area contributed by atoms with Crippen LogP contribution >= 0.6 is 11.3 Å². The zero-order valence-corrected chi connectivity index (χ0v) is 16.7. The van der Waals surface area contributed by atoms with Crippen LogP contribution in [0.1, 0.15) is 31.2 Å². The molecule has 2 saturated heterocycles. The van der Waals surface area contributed by atoms with Gasteiger partial charge in [0.2, 0.25) is 5.91 Å². The molecule has 28 heavy (non-hydrogen) atoms. The number of pyridine rings is 1. The second kappa shape index (κ2) is 7.17. The predicted octanol–water partition coefficient (Wildman–Crippen LogP) is 4.10. The van der Waals surface area contributed by atoms with Crippen molar-refractivity contribution < 1.29 is 4.79 Å². The smallest absolute Gasteiger partial charge is 0.222 e. The molecule has 0 N–H and O–H groups in total. The van der Waals surface area contributed by atoms with Gasteiger partial charge in [-0.1, -0.05) is 29.5 Å². The molecule has 0 saturated carbocycles. The van der Waals surface area contributed by atoms with Crippen LogP contribution in [-0.4, -0.2) is 40.4 Å². The lowest BCUT2D eigenvalue weighted by Gasteiger charge is -2.47. The molecule has 0 atom stereocenters. The number of carbonyl (C=O) groups excluding carboxylic acids is 1. The predicted molar refractivity (Wildman–Crippen MR) is 112 cm³/mol. The molecule has 3 aromatic rings. The summed E-state index contributed by atoms with van der Waals surface area (Å²) in [6.07, 6.45) is 7.58. The van der Waals surface area contributed by atoms with Gasteiger partial charge in [0.05, 0.1) is 10.2 Å². The van der Waals surface area contributed by atoms with Gasteiger partial charge >= 0.3 is 0 Å². The topological polar surface area (TPSA) is 49.3 Å². The van der Waals surface area contributed by atoms with Gasteiger partial charge < -0.3 is 9.80 Å². The van der Waals surface area contributed by atoms with E-state index in [1.807, 2.05) is 23.2 Å². The molecular weight excluding hydrogens is 368 g/mol. The van der Waals surface area contributed by atoms with Crippen molar-refractivity contribution in [2.24, 2.45) is 5.41 Å². The zero-order valence-electron chi connectivity index (χ0n) is 15.9. The molecule has 2 aromatic heterocycles. The number of nitrogens with zero attached hydrogens (tertiary/aromatic N) is 4. The lowest BCUT2D eigenvalue weighted by molar-refractivity contribution is -0.139. The van der Waals surface area contributed by atoms with Crippen LogP contribution in [0.2, 0.25) is 0 Å². The van der Waals surface area contributed by atoms with Crippen molar-refractivity contribution in [3.63, 3.8) is 0 Å². The highest BCUT2D eigenvalue weighted by atomic mass is 32.1. The summed E-state index contributed by atoms with van der Waals surface area (Å²) in [6, 6.07) is 12.3. The maximum absolute atomic E-state index is 12.5. The van der Waals surface area contributed by atoms with Crippen molar-refractivity contribution in [1.82, 2.24) is 14.9 Å². The van der Waals surface area contributed by atoms with Gasteiger partial charge in [-0.25, -0.2) is 4.98 Å². The minimum Gasteiger partial charge on any atom is -0.348 e. The molecule has 0 unspecified atom stereocenters. The number of rotatable bonds is 3. The van der Waals surface area contributed by atoms with Gasteiger partial charge in [0.25, 0.3) is 0 Å². The first-order valence-electron chi connectivity index (χ1n) is 9.98. The Morgan fingerprint density at radius 1 is 1.07 bits per heavy atom. The molecule has 1 amide bonds. The van der Waals surface area contributed by atoms with Crippen molar-refractivity contribution >= 4 is 32.6 Å². The number of carbonyl (C=O) groups is 1. The summed E-state index contributed by atoms with van der Waals surface area (Å²) in [5, 5.41) is 1.13. The van der Waals surface area contributed by atoms with Crippen LogP contribution in [-0.2, 0) is 11.3 Å². The Balaban J connectivity index is 1.27. The number of thiazole rings is 1. The van der Waals surface area contributed by atoms with Crippen LogP contribution < -0.4 is 4.90 Å². The Morgan fingerprint density at radius 3 is 2.71 bits per heavy atom. The maximum atomic E-state index is 12.5. The molecule has 0 radical (unpaired) electrons. The Hall–Kier alpha value is -2.47. The maximum Gasteiger partial charge on any atom is 0.222 e. The van der Waals surface area contributed by atoms with Gasteiger partial charge in [-0.05, 0) is 48.4 Å². The summed E-state index contributed by atoms with van der Waals surface area (Å²) in [4.78, 5) is 26.0. The molecule has 6 heteroatoms. The highest BCUT2D eigenvalue weighted by Gasteiger charge is 2.41. The summed E-state index contributed by atoms with van der Waals surface area (Å²) in [7, 11) is 0. The van der Waals surface area contributed by atoms with Crippen LogP contribution in [0, 0.1) is 5.41 Å². The van der Waals surface area contributed by atoms with Crippen molar-refractivity contribution in [3.05, 3.63) is 54.4 Å². The number of hydrogen-bond acceptors (Lipinski definition) is 5. The third-order valence-corrected chi connectivity index (χ3v) is 7.32. The fourth-order valence-corrected chi connectivity index (χ4v) is 5.55. The highest BCUT2D eigenvalue weighted by molar-refractivity contribution is 7.22. The van der Waals surface area contributed by atoms with E-state index in [4.69, 9.17) is 4.98 Å². The quantitative estimate of drug-likeness (QED) is 0.673. The number of anilines is 1. The standard InChI is InChI=1S/C22H24N4OS/c27-20-7-8-22(16-26(20)15-17-4-3-11-23-14-17)9-12-25(13-10-22)21-24-18-5-1-2-6-19(18)28-21/h1-6,11,14H,7-10,12-13,15-16H2. The molecule has 0 bridgehead atoms. The summed E-state index contributed by atoms with van der Waals surface area (Å²) >= 11 is 1.78. The molecule has 5 nitrogen and oxygen atoms in total.